The molecule has 0 aliphatic carbocycles. The molecule has 3 amide bonds. The summed E-state index contributed by atoms with van der Waals surface area (Å²) < 4.78 is 0. The Bertz CT molecular complexity index is 527. The van der Waals surface area contributed by atoms with Crippen molar-refractivity contribution < 1.29 is 39.3 Å². The van der Waals surface area contributed by atoms with Gasteiger partial charge in [0.2, 0.25) is 11.0 Å². The second-order valence-electron chi connectivity index (χ2n) is 4.77. The smallest absolute Gasteiger partial charge is 0.322 e. The van der Waals surface area contributed by atoms with Gasteiger partial charge in [0.15, 0.2) is 0 Å². The summed E-state index contributed by atoms with van der Waals surface area (Å²) in [7, 11) is 0. The summed E-state index contributed by atoms with van der Waals surface area (Å²) in [6.07, 6.45) is -1.28. The molecule has 12 nitrogen and oxygen atoms in total. The molecule has 8 N–H and O–H groups in total. The number of nitrogens with two attached hydrogens (primary N) is 1. The number of carbonyl (C=O) groups is 5. The van der Waals surface area contributed by atoms with Crippen LogP contribution in [0.2, 0.25) is 0 Å². The van der Waals surface area contributed by atoms with Gasteiger partial charge in [-0.2, -0.15) is 0 Å². The number of aliphatic hydroxyl groups excluding tert-OH is 1. The van der Waals surface area contributed by atoms with Crippen LogP contribution in [0.15, 0.2) is 0 Å². The molecule has 142 valence electrons. The van der Waals surface area contributed by atoms with Gasteiger partial charge in [0.25, 0.3) is 0 Å². The molecule has 13 heteroatoms. The Balaban J connectivity index is 4.72. The number of thioether (sulfide) groups is 1. The van der Waals surface area contributed by atoms with E-state index >= 15 is 0 Å². The number of carboxylic acid groups (broad SMARTS) is 2. The van der Waals surface area contributed by atoms with Crippen LogP contribution in [-0.4, -0.2) is 81.3 Å². The third-order valence-electron chi connectivity index (χ3n) is 2.57. The van der Waals surface area contributed by atoms with E-state index in [0.29, 0.717) is 11.8 Å². The lowest BCUT2D eigenvalue weighted by Crippen LogP contribution is -2.54. The molecule has 3 unspecified atom stereocenters. The number of carbonyl (C=O) groups excluding carboxylic acids is 3. The topological polar surface area (TPSA) is 208 Å². The average molecular weight is 380 g/mol. The van der Waals surface area contributed by atoms with Gasteiger partial charge in [0, 0.05) is 12.3 Å². The fourth-order valence-corrected chi connectivity index (χ4v) is 2.06. The molecular weight excluding hydrogens is 360 g/mol. The van der Waals surface area contributed by atoms with Gasteiger partial charge < -0.3 is 37.0 Å². The van der Waals surface area contributed by atoms with E-state index in [1.165, 1.54) is 6.92 Å². The molecule has 0 aliphatic heterocycles. The van der Waals surface area contributed by atoms with E-state index in [4.69, 9.17) is 21.1 Å². The highest BCUT2D eigenvalue weighted by Crippen LogP contribution is 2.08. The van der Waals surface area contributed by atoms with Crippen molar-refractivity contribution in [3.8, 4) is 0 Å². The number of nitrogens with one attached hydrogen (secondary N) is 3. The van der Waals surface area contributed by atoms with Crippen LogP contribution in [0.3, 0.4) is 0 Å². The maximum atomic E-state index is 11.9. The molecule has 0 saturated carbocycles. The van der Waals surface area contributed by atoms with Crippen LogP contribution in [0.4, 0.5) is 4.79 Å². The van der Waals surface area contributed by atoms with E-state index in [1.807, 2.05) is 5.32 Å². The summed E-state index contributed by atoms with van der Waals surface area (Å²) in [6, 6.07) is -3.58. The van der Waals surface area contributed by atoms with Crippen molar-refractivity contribution in [3.63, 3.8) is 0 Å². The molecule has 0 rings (SSSR count). The summed E-state index contributed by atoms with van der Waals surface area (Å²) >= 11 is 0.568. The van der Waals surface area contributed by atoms with Gasteiger partial charge in [-0.05, 0) is 6.92 Å². The van der Waals surface area contributed by atoms with Crippen LogP contribution >= 0.6 is 11.8 Å². The predicted molar refractivity (Wildman–Crippen MR) is 85.7 cm³/mol. The number of hydrogen-bond donors (Lipinski definition) is 7. The van der Waals surface area contributed by atoms with Gasteiger partial charge in [-0.1, -0.05) is 11.8 Å². The Hall–Kier alpha value is -2.38. The summed E-state index contributed by atoms with van der Waals surface area (Å²) in [5.41, 5.74) is 5.20. The van der Waals surface area contributed by atoms with E-state index < -0.39 is 60.3 Å². The van der Waals surface area contributed by atoms with Crippen LogP contribution in [0.1, 0.15) is 6.92 Å². The maximum absolute atomic E-state index is 11.9. The molecule has 0 aromatic carbocycles. The van der Waals surface area contributed by atoms with E-state index in [0.717, 1.165) is 0 Å². The first-order valence-corrected chi connectivity index (χ1v) is 7.90. The van der Waals surface area contributed by atoms with E-state index in [-0.39, 0.29) is 5.75 Å². The number of urea groups is 1. The highest BCUT2D eigenvalue weighted by Gasteiger charge is 2.24. The minimum atomic E-state index is -1.35. The fraction of sp³-hybridized carbons (Fsp3) is 0.583. The Kier molecular flexibility index (Phi) is 10.2. The van der Waals surface area contributed by atoms with E-state index in [9.17, 15) is 24.0 Å². The first kappa shape index (κ1) is 22.6. The van der Waals surface area contributed by atoms with E-state index in [1.54, 1.807) is 0 Å². The highest BCUT2D eigenvalue weighted by atomic mass is 32.2. The van der Waals surface area contributed by atoms with E-state index in [2.05, 4.69) is 10.6 Å². The maximum Gasteiger partial charge on any atom is 0.322 e. The van der Waals surface area contributed by atoms with Crippen molar-refractivity contribution in [2.75, 3.05) is 18.8 Å². The second-order valence-corrected chi connectivity index (χ2v) is 5.79. The van der Waals surface area contributed by atoms with Crippen LogP contribution in [0.5, 0.6) is 0 Å². The summed E-state index contributed by atoms with van der Waals surface area (Å²) in [6.45, 7) is 0.115. The van der Waals surface area contributed by atoms with Crippen molar-refractivity contribution in [1.82, 2.24) is 16.0 Å². The molecule has 0 aliphatic rings. The average Bonchev–Trinajstić information content (AvgIpc) is 2.53. The molecule has 25 heavy (non-hydrogen) atoms. The number of carboxylic acids is 2. The van der Waals surface area contributed by atoms with Crippen LogP contribution in [-0.2, 0) is 19.2 Å². The lowest BCUT2D eigenvalue weighted by Gasteiger charge is -2.18. The van der Waals surface area contributed by atoms with Crippen molar-refractivity contribution in [3.05, 3.63) is 0 Å². The number of aliphatic carboxylic acids is 2. The molecule has 0 radical (unpaired) electrons. The quantitative estimate of drug-likeness (QED) is 0.203. The van der Waals surface area contributed by atoms with Crippen molar-refractivity contribution in [2.45, 2.75) is 25.1 Å². The lowest BCUT2D eigenvalue weighted by molar-refractivity contribution is -0.138. The first-order valence-electron chi connectivity index (χ1n) is 6.91. The molecule has 3 atom stereocenters. The number of aliphatic hydroxyl groups is 1. The van der Waals surface area contributed by atoms with Crippen molar-refractivity contribution in [1.29, 1.82) is 0 Å². The molecular formula is C12H20N4O8S. The van der Waals surface area contributed by atoms with Crippen molar-refractivity contribution in [2.24, 2.45) is 5.73 Å². The summed E-state index contributed by atoms with van der Waals surface area (Å²) in [4.78, 5) is 56.0. The molecule has 0 aromatic heterocycles. The lowest BCUT2D eigenvalue weighted by atomic mass is 10.3. The largest absolute Gasteiger partial charge is 0.480 e. The second kappa shape index (κ2) is 11.2. The van der Waals surface area contributed by atoms with Crippen LogP contribution < -0.4 is 21.7 Å². The summed E-state index contributed by atoms with van der Waals surface area (Å²) in [5.74, 6) is -3.79. The normalized spacial score (nSPS) is 13.9. The zero-order valence-corrected chi connectivity index (χ0v) is 14.0. The Morgan fingerprint density at radius 3 is 2.20 bits per heavy atom. The standard InChI is InChI=1S/C12H20N4O8S/c1-5(17)11(23)25-4-7(9(20)14-3-8(18)19)16-12(24)15-2-6(13)10(21)22/h5-7,17H,2-4,13H2,1H3,(H,14,20)(H,18,19)(H,21,22)(H2,15,16,24). The van der Waals surface area contributed by atoms with Crippen molar-refractivity contribution >= 4 is 40.8 Å². The molecule has 0 aromatic rings. The predicted octanol–water partition coefficient (Wildman–Crippen LogP) is -3.09. The minimum absolute atomic E-state index is 0.270. The van der Waals surface area contributed by atoms with Crippen LogP contribution in [0, 0.1) is 0 Å². The van der Waals surface area contributed by atoms with Crippen LogP contribution in [0.25, 0.3) is 0 Å². The summed E-state index contributed by atoms with van der Waals surface area (Å²) in [5, 5.41) is 31.9. The molecule has 0 saturated heterocycles. The third kappa shape index (κ3) is 10.2. The molecule has 0 heterocycles. The Labute approximate surface area is 146 Å². The highest BCUT2D eigenvalue weighted by molar-refractivity contribution is 8.13. The zero-order valence-electron chi connectivity index (χ0n) is 13.2. The third-order valence-corrected chi connectivity index (χ3v) is 3.69. The number of rotatable bonds is 10. The van der Waals surface area contributed by atoms with Gasteiger partial charge in [-0.15, -0.1) is 0 Å². The van der Waals surface area contributed by atoms with Gasteiger partial charge in [0.05, 0.1) is 0 Å². The molecule has 0 spiro atoms. The number of hydrogen-bond acceptors (Lipinski definition) is 8. The fourth-order valence-electron chi connectivity index (χ4n) is 1.25. The molecule has 0 bridgehead atoms. The number of amides is 3. The van der Waals surface area contributed by atoms with Gasteiger partial charge in [-0.25, -0.2) is 4.79 Å². The van der Waals surface area contributed by atoms with Gasteiger partial charge in [-0.3, -0.25) is 19.2 Å². The minimum Gasteiger partial charge on any atom is -0.480 e. The van der Waals surface area contributed by atoms with Gasteiger partial charge >= 0.3 is 18.0 Å². The SMILES string of the molecule is CC(O)C(=O)SCC(NC(=O)NCC(N)C(=O)O)C(=O)NCC(=O)O. The molecule has 0 fully saturated rings. The first-order chi connectivity index (χ1) is 11.5. The monoisotopic (exact) mass is 380 g/mol. The zero-order chi connectivity index (χ0) is 19.6. The van der Waals surface area contributed by atoms with Gasteiger partial charge in [0.1, 0.15) is 24.7 Å². The Morgan fingerprint density at radius 2 is 1.72 bits per heavy atom. The Morgan fingerprint density at radius 1 is 1.12 bits per heavy atom.